The SMILES string of the molecule is CCCCOc1ccc(C(=O)NNC(=O)[C@@H]2CCC[C@@H](C(F)(F)F)C2)cc1OC. The lowest BCUT2D eigenvalue weighted by Crippen LogP contribution is -2.46. The van der Waals surface area contributed by atoms with Crippen molar-refractivity contribution in [3.8, 4) is 11.5 Å². The van der Waals surface area contributed by atoms with Gasteiger partial charge in [-0.15, -0.1) is 0 Å². The molecule has 162 valence electrons. The number of halogens is 3. The van der Waals surface area contributed by atoms with Crippen LogP contribution in [0.2, 0.25) is 0 Å². The van der Waals surface area contributed by atoms with Gasteiger partial charge in [-0.25, -0.2) is 0 Å². The van der Waals surface area contributed by atoms with Gasteiger partial charge in [0.05, 0.1) is 19.6 Å². The van der Waals surface area contributed by atoms with Crippen molar-refractivity contribution in [3.05, 3.63) is 23.8 Å². The topological polar surface area (TPSA) is 76.7 Å². The lowest BCUT2D eigenvalue weighted by Gasteiger charge is -2.29. The molecule has 0 unspecified atom stereocenters. The van der Waals surface area contributed by atoms with Crippen molar-refractivity contribution in [2.75, 3.05) is 13.7 Å². The number of hydrogen-bond donors (Lipinski definition) is 2. The highest BCUT2D eigenvalue weighted by atomic mass is 19.4. The summed E-state index contributed by atoms with van der Waals surface area (Å²) in [6.45, 7) is 2.56. The van der Waals surface area contributed by atoms with E-state index >= 15 is 0 Å². The van der Waals surface area contributed by atoms with Crippen molar-refractivity contribution >= 4 is 11.8 Å². The minimum absolute atomic E-state index is 0.0338. The number of carbonyl (C=O) groups excluding carboxylic acids is 2. The Labute approximate surface area is 168 Å². The summed E-state index contributed by atoms with van der Waals surface area (Å²) in [5.74, 6) is -2.59. The van der Waals surface area contributed by atoms with Crippen molar-refractivity contribution in [1.82, 2.24) is 10.9 Å². The van der Waals surface area contributed by atoms with Crippen LogP contribution in [0.4, 0.5) is 13.2 Å². The van der Waals surface area contributed by atoms with Gasteiger partial charge in [0.25, 0.3) is 5.91 Å². The van der Waals surface area contributed by atoms with E-state index < -0.39 is 29.8 Å². The predicted molar refractivity (Wildman–Crippen MR) is 101 cm³/mol. The van der Waals surface area contributed by atoms with Gasteiger partial charge in [-0.05, 0) is 43.9 Å². The normalized spacial score (nSPS) is 19.3. The van der Waals surface area contributed by atoms with E-state index in [-0.39, 0.29) is 18.4 Å². The minimum atomic E-state index is -4.31. The summed E-state index contributed by atoms with van der Waals surface area (Å²) < 4.78 is 49.5. The zero-order chi connectivity index (χ0) is 21.4. The summed E-state index contributed by atoms with van der Waals surface area (Å²) >= 11 is 0. The Morgan fingerprint density at radius 1 is 1.17 bits per heavy atom. The third-order valence-corrected chi connectivity index (χ3v) is 4.99. The van der Waals surface area contributed by atoms with E-state index in [4.69, 9.17) is 9.47 Å². The molecule has 2 amide bonds. The molecule has 0 radical (unpaired) electrons. The van der Waals surface area contributed by atoms with E-state index in [9.17, 15) is 22.8 Å². The van der Waals surface area contributed by atoms with Crippen LogP contribution in [0.1, 0.15) is 55.8 Å². The van der Waals surface area contributed by atoms with Crippen LogP contribution < -0.4 is 20.3 Å². The fraction of sp³-hybridized carbons (Fsp3) is 0.600. The summed E-state index contributed by atoms with van der Waals surface area (Å²) in [4.78, 5) is 24.5. The first-order valence-electron chi connectivity index (χ1n) is 9.74. The monoisotopic (exact) mass is 416 g/mol. The Morgan fingerprint density at radius 2 is 1.93 bits per heavy atom. The number of rotatable bonds is 7. The average molecular weight is 416 g/mol. The van der Waals surface area contributed by atoms with Crippen LogP contribution in [0.5, 0.6) is 11.5 Å². The first-order chi connectivity index (χ1) is 13.8. The van der Waals surface area contributed by atoms with Crippen LogP contribution in [0.3, 0.4) is 0 Å². The molecule has 9 heteroatoms. The second-order valence-electron chi connectivity index (χ2n) is 7.11. The standard InChI is InChI=1S/C20H27F3N2O4/c1-3-4-10-29-16-9-8-14(12-17(16)28-2)19(27)25-24-18(26)13-6-5-7-15(11-13)20(21,22)23/h8-9,12-13,15H,3-7,10-11H2,1-2H3,(H,24,26)(H,25,27)/t13-,15-/m1/s1. The summed E-state index contributed by atoms with van der Waals surface area (Å²) in [5, 5.41) is 0. The quantitative estimate of drug-likeness (QED) is 0.520. The number of benzene rings is 1. The van der Waals surface area contributed by atoms with E-state index in [0.717, 1.165) is 12.8 Å². The molecular formula is C20H27F3N2O4. The lowest BCUT2D eigenvalue weighted by atomic mass is 9.80. The molecule has 1 saturated carbocycles. The van der Waals surface area contributed by atoms with Gasteiger partial charge in [-0.1, -0.05) is 19.8 Å². The highest BCUT2D eigenvalue weighted by Crippen LogP contribution is 2.39. The Balaban J connectivity index is 1.92. The predicted octanol–water partition coefficient (Wildman–Crippen LogP) is 4.00. The molecular weight excluding hydrogens is 389 g/mol. The molecule has 0 spiro atoms. The molecule has 0 heterocycles. The van der Waals surface area contributed by atoms with Gasteiger partial charge in [0, 0.05) is 11.5 Å². The maximum Gasteiger partial charge on any atom is 0.391 e. The molecule has 1 aromatic carbocycles. The lowest BCUT2D eigenvalue weighted by molar-refractivity contribution is -0.186. The zero-order valence-corrected chi connectivity index (χ0v) is 16.6. The first-order valence-corrected chi connectivity index (χ1v) is 9.74. The van der Waals surface area contributed by atoms with Crippen LogP contribution in [-0.2, 0) is 4.79 Å². The maximum atomic E-state index is 12.9. The number of hydrazine groups is 1. The molecule has 0 aromatic heterocycles. The van der Waals surface area contributed by atoms with E-state index in [1.165, 1.54) is 19.2 Å². The van der Waals surface area contributed by atoms with Crippen LogP contribution >= 0.6 is 0 Å². The Kier molecular flexibility index (Phi) is 8.16. The number of alkyl halides is 3. The maximum absolute atomic E-state index is 12.9. The zero-order valence-electron chi connectivity index (χ0n) is 16.6. The molecule has 1 aliphatic carbocycles. The van der Waals surface area contributed by atoms with Gasteiger partial charge in [-0.3, -0.25) is 20.4 Å². The van der Waals surface area contributed by atoms with Crippen LogP contribution in [0, 0.1) is 11.8 Å². The summed E-state index contributed by atoms with van der Waals surface area (Å²) in [5.41, 5.74) is 4.72. The largest absolute Gasteiger partial charge is 0.493 e. The number of amides is 2. The number of methoxy groups -OCH3 is 1. The molecule has 0 saturated heterocycles. The Bertz CT molecular complexity index is 709. The van der Waals surface area contributed by atoms with Gasteiger partial charge < -0.3 is 9.47 Å². The fourth-order valence-electron chi connectivity index (χ4n) is 3.27. The molecule has 1 fully saturated rings. The summed E-state index contributed by atoms with van der Waals surface area (Å²) in [6, 6.07) is 4.59. The molecule has 2 N–H and O–H groups in total. The molecule has 2 rings (SSSR count). The molecule has 29 heavy (non-hydrogen) atoms. The number of hydrogen-bond acceptors (Lipinski definition) is 4. The van der Waals surface area contributed by atoms with Crippen LogP contribution in [-0.4, -0.2) is 31.7 Å². The third-order valence-electron chi connectivity index (χ3n) is 4.99. The van der Waals surface area contributed by atoms with E-state index in [1.54, 1.807) is 6.07 Å². The number of unbranched alkanes of at least 4 members (excludes halogenated alkanes) is 1. The highest BCUT2D eigenvalue weighted by Gasteiger charge is 2.43. The summed E-state index contributed by atoms with van der Waals surface area (Å²) in [6.07, 6.45) is -1.98. The second kappa shape index (κ2) is 10.4. The summed E-state index contributed by atoms with van der Waals surface area (Å²) in [7, 11) is 1.45. The van der Waals surface area contributed by atoms with Gasteiger partial charge in [0.15, 0.2) is 11.5 Å². The second-order valence-corrected chi connectivity index (χ2v) is 7.11. The van der Waals surface area contributed by atoms with Crippen LogP contribution in [0.15, 0.2) is 18.2 Å². The Hall–Kier alpha value is -2.45. The highest BCUT2D eigenvalue weighted by molar-refractivity contribution is 5.96. The molecule has 0 aliphatic heterocycles. The van der Waals surface area contributed by atoms with Gasteiger partial charge >= 0.3 is 6.18 Å². The van der Waals surface area contributed by atoms with Crippen molar-refractivity contribution in [2.45, 2.75) is 51.6 Å². The molecule has 0 bridgehead atoms. The van der Waals surface area contributed by atoms with E-state index in [0.29, 0.717) is 30.9 Å². The van der Waals surface area contributed by atoms with Crippen molar-refractivity contribution in [3.63, 3.8) is 0 Å². The minimum Gasteiger partial charge on any atom is -0.493 e. The van der Waals surface area contributed by atoms with Crippen molar-refractivity contribution in [2.24, 2.45) is 11.8 Å². The molecule has 6 nitrogen and oxygen atoms in total. The number of ether oxygens (including phenoxy) is 2. The van der Waals surface area contributed by atoms with E-state index in [1.807, 2.05) is 6.92 Å². The average Bonchev–Trinajstić information content (AvgIpc) is 2.71. The first kappa shape index (κ1) is 22.8. The number of nitrogens with one attached hydrogen (secondary N) is 2. The Morgan fingerprint density at radius 3 is 2.59 bits per heavy atom. The third kappa shape index (κ3) is 6.54. The smallest absolute Gasteiger partial charge is 0.391 e. The molecule has 2 atom stereocenters. The van der Waals surface area contributed by atoms with E-state index in [2.05, 4.69) is 10.9 Å². The molecule has 1 aromatic rings. The van der Waals surface area contributed by atoms with Crippen LogP contribution in [0.25, 0.3) is 0 Å². The number of carbonyl (C=O) groups is 2. The van der Waals surface area contributed by atoms with Crippen molar-refractivity contribution < 1.29 is 32.2 Å². The van der Waals surface area contributed by atoms with Gasteiger partial charge in [-0.2, -0.15) is 13.2 Å². The fourth-order valence-corrected chi connectivity index (χ4v) is 3.27. The van der Waals surface area contributed by atoms with Gasteiger partial charge in [0.2, 0.25) is 5.91 Å². The molecule has 1 aliphatic rings. The van der Waals surface area contributed by atoms with Crippen molar-refractivity contribution in [1.29, 1.82) is 0 Å². The van der Waals surface area contributed by atoms with Gasteiger partial charge in [0.1, 0.15) is 0 Å².